The summed E-state index contributed by atoms with van der Waals surface area (Å²) in [5.41, 5.74) is 6.22. The van der Waals surface area contributed by atoms with Gasteiger partial charge in [-0.05, 0) is 36.5 Å². The minimum absolute atomic E-state index is 0.167. The molecular weight excluding hydrogens is 360 g/mol. The van der Waals surface area contributed by atoms with E-state index in [4.69, 9.17) is 15.2 Å². The Balaban J connectivity index is 2.05. The Morgan fingerprint density at radius 3 is 2.74 bits per heavy atom. The molecule has 0 heterocycles. The van der Waals surface area contributed by atoms with Gasteiger partial charge in [-0.15, -0.1) is 0 Å². The second-order valence-corrected chi connectivity index (χ2v) is 6.95. The minimum atomic E-state index is -0.514. The summed E-state index contributed by atoms with van der Waals surface area (Å²) in [6.07, 6.45) is 5.16. The Labute approximate surface area is 146 Å². The molecule has 1 aromatic carbocycles. The lowest BCUT2D eigenvalue weighted by Gasteiger charge is -2.30. The lowest BCUT2D eigenvalue weighted by Crippen LogP contribution is -2.36. The van der Waals surface area contributed by atoms with Gasteiger partial charge >= 0.3 is 0 Å². The predicted molar refractivity (Wildman–Crippen MR) is 93.6 cm³/mol. The smallest absolute Gasteiger partial charge is 0.255 e. The molecule has 5 nitrogen and oxygen atoms in total. The Bertz CT molecular complexity index is 551. The summed E-state index contributed by atoms with van der Waals surface area (Å²) in [7, 11) is 1.58. The van der Waals surface area contributed by atoms with Crippen LogP contribution < -0.4 is 20.5 Å². The maximum atomic E-state index is 10.9. The van der Waals surface area contributed by atoms with E-state index in [1.165, 1.54) is 25.7 Å². The molecule has 1 aromatic rings. The maximum Gasteiger partial charge on any atom is 0.255 e. The van der Waals surface area contributed by atoms with Crippen LogP contribution in [0.3, 0.4) is 0 Å². The maximum absolute atomic E-state index is 10.9. The van der Waals surface area contributed by atoms with Crippen LogP contribution in [-0.2, 0) is 11.3 Å². The average Bonchev–Trinajstić information content (AvgIpc) is 2.53. The van der Waals surface area contributed by atoms with E-state index in [0.29, 0.717) is 23.5 Å². The molecule has 1 saturated carbocycles. The van der Waals surface area contributed by atoms with E-state index in [9.17, 15) is 4.79 Å². The number of rotatable bonds is 7. The summed E-state index contributed by atoms with van der Waals surface area (Å²) >= 11 is 3.57. The van der Waals surface area contributed by atoms with Gasteiger partial charge in [-0.25, -0.2) is 0 Å². The van der Waals surface area contributed by atoms with Gasteiger partial charge in [-0.2, -0.15) is 0 Å². The first-order valence-corrected chi connectivity index (χ1v) is 8.81. The zero-order valence-electron chi connectivity index (χ0n) is 13.7. The number of primary amides is 1. The zero-order chi connectivity index (χ0) is 16.8. The summed E-state index contributed by atoms with van der Waals surface area (Å²) in [4.78, 5) is 10.9. The highest BCUT2D eigenvalue weighted by Gasteiger charge is 2.21. The number of halogens is 1. The number of hydrogen-bond acceptors (Lipinski definition) is 4. The molecule has 0 radical (unpaired) electrons. The number of ether oxygens (including phenoxy) is 2. The third-order valence-electron chi connectivity index (χ3n) is 4.37. The number of carbonyl (C=O) groups is 1. The van der Waals surface area contributed by atoms with E-state index >= 15 is 0 Å². The molecule has 0 saturated heterocycles. The lowest BCUT2D eigenvalue weighted by molar-refractivity contribution is -0.119. The van der Waals surface area contributed by atoms with Crippen LogP contribution in [0.25, 0.3) is 0 Å². The largest absolute Gasteiger partial charge is 0.493 e. The first-order valence-electron chi connectivity index (χ1n) is 8.02. The molecule has 6 heteroatoms. The molecule has 0 spiro atoms. The van der Waals surface area contributed by atoms with Crippen molar-refractivity contribution in [2.75, 3.05) is 13.7 Å². The van der Waals surface area contributed by atoms with Gasteiger partial charge in [0, 0.05) is 17.1 Å². The molecular formula is C17H25BrN2O3. The number of nitrogens with one attached hydrogen (secondary N) is 1. The molecule has 0 unspecified atom stereocenters. The summed E-state index contributed by atoms with van der Waals surface area (Å²) in [6.45, 7) is 2.91. The van der Waals surface area contributed by atoms with Crippen LogP contribution in [0.1, 0.15) is 38.2 Å². The molecule has 3 N–H and O–H groups in total. The van der Waals surface area contributed by atoms with Crippen LogP contribution in [0.4, 0.5) is 0 Å². The summed E-state index contributed by atoms with van der Waals surface area (Å²) in [5.74, 6) is 1.30. The molecule has 0 aromatic heterocycles. The quantitative estimate of drug-likeness (QED) is 0.757. The van der Waals surface area contributed by atoms with Crippen molar-refractivity contribution in [3.05, 3.63) is 22.2 Å². The number of hydrogen-bond donors (Lipinski definition) is 2. The summed E-state index contributed by atoms with van der Waals surface area (Å²) in [5, 5.41) is 3.65. The number of carbonyl (C=O) groups excluding carboxylic acids is 1. The molecule has 0 aliphatic heterocycles. The summed E-state index contributed by atoms with van der Waals surface area (Å²) in [6, 6.07) is 4.32. The van der Waals surface area contributed by atoms with Crippen LogP contribution >= 0.6 is 15.9 Å². The van der Waals surface area contributed by atoms with Gasteiger partial charge in [0.2, 0.25) is 0 Å². The van der Waals surface area contributed by atoms with Crippen molar-refractivity contribution >= 4 is 21.8 Å². The van der Waals surface area contributed by atoms with Crippen molar-refractivity contribution in [2.45, 2.75) is 45.2 Å². The molecule has 23 heavy (non-hydrogen) atoms. The van der Waals surface area contributed by atoms with E-state index in [1.54, 1.807) is 7.11 Å². The van der Waals surface area contributed by atoms with E-state index in [2.05, 4.69) is 28.2 Å². The normalized spacial score (nSPS) is 21.0. The Morgan fingerprint density at radius 1 is 1.35 bits per heavy atom. The van der Waals surface area contributed by atoms with Crippen LogP contribution in [0.15, 0.2) is 16.6 Å². The van der Waals surface area contributed by atoms with Crippen LogP contribution in [0.2, 0.25) is 0 Å². The highest BCUT2D eigenvalue weighted by Crippen LogP contribution is 2.34. The first kappa shape index (κ1) is 18.1. The SMILES string of the molecule is COc1cc(CN[C@H]2CCCC[C@H]2C)c(Br)cc1OCC(N)=O. The van der Waals surface area contributed by atoms with Crippen molar-refractivity contribution in [2.24, 2.45) is 11.7 Å². The van der Waals surface area contributed by atoms with Gasteiger partial charge in [-0.3, -0.25) is 4.79 Å². The van der Waals surface area contributed by atoms with Crippen molar-refractivity contribution in [1.82, 2.24) is 5.32 Å². The van der Waals surface area contributed by atoms with Crippen molar-refractivity contribution in [3.63, 3.8) is 0 Å². The van der Waals surface area contributed by atoms with Gasteiger partial charge in [0.1, 0.15) is 0 Å². The Morgan fingerprint density at radius 2 is 2.09 bits per heavy atom. The van der Waals surface area contributed by atoms with Crippen LogP contribution in [-0.4, -0.2) is 25.7 Å². The highest BCUT2D eigenvalue weighted by atomic mass is 79.9. The fourth-order valence-electron chi connectivity index (χ4n) is 2.99. The van der Waals surface area contributed by atoms with E-state index in [0.717, 1.165) is 16.6 Å². The molecule has 0 bridgehead atoms. The van der Waals surface area contributed by atoms with Gasteiger partial charge in [0.05, 0.1) is 7.11 Å². The molecule has 128 valence electrons. The molecule has 1 amide bonds. The number of benzene rings is 1. The zero-order valence-corrected chi connectivity index (χ0v) is 15.3. The van der Waals surface area contributed by atoms with E-state index in [-0.39, 0.29) is 6.61 Å². The van der Waals surface area contributed by atoms with Gasteiger partial charge in [0.25, 0.3) is 5.91 Å². The highest BCUT2D eigenvalue weighted by molar-refractivity contribution is 9.10. The molecule has 1 aliphatic rings. The fourth-order valence-corrected chi connectivity index (χ4v) is 3.46. The fraction of sp³-hybridized carbons (Fsp3) is 0.588. The van der Waals surface area contributed by atoms with E-state index in [1.807, 2.05) is 12.1 Å². The topological polar surface area (TPSA) is 73.6 Å². The first-order chi connectivity index (χ1) is 11.0. The second kappa shape index (κ2) is 8.55. The Hall–Kier alpha value is -1.27. The molecule has 1 aliphatic carbocycles. The molecule has 2 rings (SSSR count). The number of amides is 1. The molecule has 2 atom stereocenters. The standard InChI is InChI=1S/C17H25BrN2O3/c1-11-5-3-4-6-14(11)20-9-12-7-15(22-2)16(8-13(12)18)23-10-17(19)21/h7-8,11,14,20H,3-6,9-10H2,1-2H3,(H2,19,21)/t11-,14+/m1/s1. The minimum Gasteiger partial charge on any atom is -0.493 e. The third-order valence-corrected chi connectivity index (χ3v) is 5.11. The van der Waals surface area contributed by atoms with Gasteiger partial charge in [0.15, 0.2) is 18.1 Å². The van der Waals surface area contributed by atoms with Gasteiger partial charge < -0.3 is 20.5 Å². The molecule has 1 fully saturated rings. The third kappa shape index (κ3) is 5.11. The monoisotopic (exact) mass is 384 g/mol. The second-order valence-electron chi connectivity index (χ2n) is 6.10. The summed E-state index contributed by atoms with van der Waals surface area (Å²) < 4.78 is 11.7. The van der Waals surface area contributed by atoms with E-state index < -0.39 is 5.91 Å². The number of nitrogens with two attached hydrogens (primary N) is 1. The van der Waals surface area contributed by atoms with Gasteiger partial charge in [-0.1, -0.05) is 35.7 Å². The van der Waals surface area contributed by atoms with Crippen molar-refractivity contribution in [3.8, 4) is 11.5 Å². The van der Waals surface area contributed by atoms with Crippen molar-refractivity contribution < 1.29 is 14.3 Å². The predicted octanol–water partition coefficient (Wildman–Crippen LogP) is 2.99. The van der Waals surface area contributed by atoms with Crippen LogP contribution in [0.5, 0.6) is 11.5 Å². The van der Waals surface area contributed by atoms with Crippen LogP contribution in [0, 0.1) is 5.92 Å². The van der Waals surface area contributed by atoms with Crippen molar-refractivity contribution in [1.29, 1.82) is 0 Å². The average molecular weight is 385 g/mol. The lowest BCUT2D eigenvalue weighted by atomic mass is 9.86. The number of methoxy groups -OCH3 is 1. The Kier molecular flexibility index (Phi) is 6.72.